The van der Waals surface area contributed by atoms with E-state index >= 15 is 0 Å². The van der Waals surface area contributed by atoms with E-state index in [0.29, 0.717) is 6.04 Å². The summed E-state index contributed by atoms with van der Waals surface area (Å²) in [5, 5.41) is 6.88. The van der Waals surface area contributed by atoms with Gasteiger partial charge in [-0.2, -0.15) is 5.10 Å². The zero-order chi connectivity index (χ0) is 17.5. The number of aromatic nitrogens is 3. The number of aryl methyl sites for hydroxylation is 1. The molecule has 0 aliphatic carbocycles. The van der Waals surface area contributed by atoms with Gasteiger partial charge in [-0.15, -0.1) is 0 Å². The molecule has 0 amide bonds. The Hall–Kier alpha value is -2.70. The smallest absolute Gasteiger partial charge is 0.111 e. The van der Waals surface area contributed by atoms with Gasteiger partial charge in [-0.25, -0.2) is 5.43 Å². The van der Waals surface area contributed by atoms with Crippen molar-refractivity contribution >= 4 is 0 Å². The lowest BCUT2D eigenvalue weighted by molar-refractivity contribution is 0.189. The van der Waals surface area contributed by atoms with Crippen LogP contribution < -0.4 is 5.43 Å². The molecule has 0 fully saturated rings. The molecule has 5 rings (SSSR count). The van der Waals surface area contributed by atoms with Gasteiger partial charge in [-0.1, -0.05) is 12.1 Å². The van der Waals surface area contributed by atoms with E-state index in [1.54, 1.807) is 0 Å². The molecule has 1 unspecified atom stereocenters. The predicted octanol–water partition coefficient (Wildman–Crippen LogP) is 2.23. The van der Waals surface area contributed by atoms with Crippen LogP contribution in [0.3, 0.4) is 0 Å². The van der Waals surface area contributed by atoms with Crippen LogP contribution in [0, 0.1) is 6.92 Å². The molecule has 0 saturated heterocycles. The summed E-state index contributed by atoms with van der Waals surface area (Å²) in [6.07, 6.45) is 12.5. The van der Waals surface area contributed by atoms with Gasteiger partial charge in [0.25, 0.3) is 0 Å². The van der Waals surface area contributed by atoms with Crippen molar-refractivity contribution in [1.82, 2.24) is 30.1 Å². The average molecular weight is 346 g/mol. The van der Waals surface area contributed by atoms with Crippen molar-refractivity contribution in [1.29, 1.82) is 0 Å². The highest BCUT2D eigenvalue weighted by Crippen LogP contribution is 2.24. The first kappa shape index (κ1) is 15.5. The second kappa shape index (κ2) is 6.23. The second-order valence-electron chi connectivity index (χ2n) is 7.05. The second-order valence-corrected chi connectivity index (χ2v) is 7.05. The number of fused-ring (bicyclic) bond motifs is 2. The monoisotopic (exact) mass is 346 g/mol. The normalized spacial score (nSPS) is 21.7. The van der Waals surface area contributed by atoms with Crippen molar-refractivity contribution in [3.8, 4) is 11.4 Å². The highest BCUT2D eigenvalue weighted by molar-refractivity contribution is 5.58. The fourth-order valence-corrected chi connectivity index (χ4v) is 3.85. The third kappa shape index (κ3) is 2.77. The minimum Gasteiger partial charge on any atom is -0.294 e. The van der Waals surface area contributed by atoms with E-state index in [1.807, 2.05) is 18.3 Å². The molecule has 0 saturated carbocycles. The minimum absolute atomic E-state index is 0.337. The van der Waals surface area contributed by atoms with Crippen molar-refractivity contribution in [2.45, 2.75) is 26.1 Å². The standard InChI is InChI=1S/C20H22N6/c1-15-5-4-7-21-20(15)19-12-18-14-24(9-10-26(18)23-19)13-16-11-17-6-2-3-8-25(17)22-16/h2-8,11-12,16,22H,9-10,13-14H2,1H3. The van der Waals surface area contributed by atoms with E-state index in [0.717, 1.165) is 37.6 Å². The molecule has 6 heteroatoms. The van der Waals surface area contributed by atoms with Crippen molar-refractivity contribution in [2.75, 3.05) is 13.1 Å². The number of nitrogens with zero attached hydrogens (tertiary/aromatic N) is 5. The summed E-state index contributed by atoms with van der Waals surface area (Å²) in [6.45, 7) is 5.94. The molecule has 0 spiro atoms. The van der Waals surface area contributed by atoms with Gasteiger partial charge in [0.05, 0.1) is 29.7 Å². The summed E-state index contributed by atoms with van der Waals surface area (Å²) in [7, 11) is 0. The fraction of sp³-hybridized carbons (Fsp3) is 0.300. The van der Waals surface area contributed by atoms with Crippen LogP contribution >= 0.6 is 0 Å². The van der Waals surface area contributed by atoms with Gasteiger partial charge in [-0.05, 0) is 42.8 Å². The molecule has 0 bridgehead atoms. The summed E-state index contributed by atoms with van der Waals surface area (Å²) >= 11 is 0. The SMILES string of the molecule is Cc1cccnc1-c1cc2n(n1)CCN(CC1C=C3C=CC=CN3N1)C2. The molecular weight excluding hydrogens is 324 g/mol. The first-order valence-electron chi connectivity index (χ1n) is 9.09. The van der Waals surface area contributed by atoms with Gasteiger partial charge in [0.1, 0.15) is 5.69 Å². The predicted molar refractivity (Wildman–Crippen MR) is 101 cm³/mol. The number of hydrazine groups is 1. The van der Waals surface area contributed by atoms with E-state index in [4.69, 9.17) is 5.10 Å². The Morgan fingerprint density at radius 2 is 2.23 bits per heavy atom. The lowest BCUT2D eigenvalue weighted by atomic mass is 10.1. The Balaban J connectivity index is 1.30. The first-order valence-corrected chi connectivity index (χ1v) is 9.09. The summed E-state index contributed by atoms with van der Waals surface area (Å²) in [4.78, 5) is 7.00. The van der Waals surface area contributed by atoms with Gasteiger partial charge in [0.15, 0.2) is 0 Å². The number of allylic oxidation sites excluding steroid dienone is 3. The quantitative estimate of drug-likeness (QED) is 0.924. The van der Waals surface area contributed by atoms with E-state index in [2.05, 4.69) is 68.5 Å². The number of hydrogen-bond acceptors (Lipinski definition) is 5. The van der Waals surface area contributed by atoms with Gasteiger partial charge in [0, 0.05) is 32.0 Å². The van der Waals surface area contributed by atoms with Crippen LogP contribution in [-0.4, -0.2) is 43.8 Å². The summed E-state index contributed by atoms with van der Waals surface area (Å²) in [6, 6.07) is 6.59. The van der Waals surface area contributed by atoms with E-state index in [-0.39, 0.29) is 0 Å². The van der Waals surface area contributed by atoms with Crippen LogP contribution in [0.15, 0.2) is 60.6 Å². The van der Waals surface area contributed by atoms with Gasteiger partial charge < -0.3 is 0 Å². The lowest BCUT2D eigenvalue weighted by Crippen LogP contribution is -2.44. The highest BCUT2D eigenvalue weighted by Gasteiger charge is 2.25. The molecule has 26 heavy (non-hydrogen) atoms. The Labute approximate surface area is 153 Å². The van der Waals surface area contributed by atoms with Crippen molar-refractivity contribution in [3.63, 3.8) is 0 Å². The molecule has 0 aromatic carbocycles. The van der Waals surface area contributed by atoms with Crippen LogP contribution in [0.1, 0.15) is 11.3 Å². The van der Waals surface area contributed by atoms with Crippen LogP contribution in [0.2, 0.25) is 0 Å². The van der Waals surface area contributed by atoms with E-state index in [9.17, 15) is 0 Å². The Morgan fingerprint density at radius 1 is 1.27 bits per heavy atom. The Bertz CT molecular complexity index is 922. The molecule has 6 nitrogen and oxygen atoms in total. The molecule has 3 aliphatic rings. The van der Waals surface area contributed by atoms with Crippen molar-refractivity contribution < 1.29 is 0 Å². The lowest BCUT2D eigenvalue weighted by Gasteiger charge is -2.30. The van der Waals surface area contributed by atoms with Crippen molar-refractivity contribution in [2.24, 2.45) is 0 Å². The summed E-state index contributed by atoms with van der Waals surface area (Å²) in [5.41, 5.74) is 9.15. The Kier molecular flexibility index (Phi) is 3.72. The number of hydrogen-bond donors (Lipinski definition) is 1. The Morgan fingerprint density at radius 3 is 3.12 bits per heavy atom. The van der Waals surface area contributed by atoms with Gasteiger partial charge in [0.2, 0.25) is 0 Å². The fourth-order valence-electron chi connectivity index (χ4n) is 3.85. The molecule has 1 N–H and O–H groups in total. The highest BCUT2D eigenvalue weighted by atomic mass is 15.5. The summed E-state index contributed by atoms with van der Waals surface area (Å²) < 4.78 is 2.13. The molecule has 132 valence electrons. The molecule has 5 heterocycles. The molecular formula is C20H22N6. The minimum atomic E-state index is 0.337. The molecule has 2 aromatic rings. The first-order chi connectivity index (χ1) is 12.8. The maximum absolute atomic E-state index is 4.78. The van der Waals surface area contributed by atoms with Crippen LogP contribution in [0.5, 0.6) is 0 Å². The van der Waals surface area contributed by atoms with E-state index < -0.39 is 0 Å². The maximum Gasteiger partial charge on any atom is 0.111 e. The molecule has 2 aromatic heterocycles. The molecule has 1 atom stereocenters. The zero-order valence-electron chi connectivity index (χ0n) is 14.8. The largest absolute Gasteiger partial charge is 0.294 e. The number of nitrogens with one attached hydrogen (secondary N) is 1. The van der Waals surface area contributed by atoms with Crippen molar-refractivity contribution in [3.05, 3.63) is 71.9 Å². The third-order valence-electron chi connectivity index (χ3n) is 5.15. The summed E-state index contributed by atoms with van der Waals surface area (Å²) in [5.74, 6) is 0. The molecule has 3 aliphatic heterocycles. The van der Waals surface area contributed by atoms with Gasteiger partial charge in [-0.3, -0.25) is 19.6 Å². The average Bonchev–Trinajstić information content (AvgIpc) is 3.24. The number of rotatable bonds is 3. The maximum atomic E-state index is 4.78. The van der Waals surface area contributed by atoms with Crippen LogP contribution in [-0.2, 0) is 13.1 Å². The van der Waals surface area contributed by atoms with Crippen LogP contribution in [0.25, 0.3) is 11.4 Å². The van der Waals surface area contributed by atoms with Gasteiger partial charge >= 0.3 is 0 Å². The zero-order valence-corrected chi connectivity index (χ0v) is 14.8. The van der Waals surface area contributed by atoms with Crippen LogP contribution in [0.4, 0.5) is 0 Å². The number of pyridine rings is 1. The molecule has 0 radical (unpaired) electrons. The topological polar surface area (TPSA) is 49.2 Å². The van der Waals surface area contributed by atoms with E-state index in [1.165, 1.54) is 17.0 Å². The third-order valence-corrected chi connectivity index (χ3v) is 5.15.